The second-order valence-corrected chi connectivity index (χ2v) is 5.26. The van der Waals surface area contributed by atoms with Crippen molar-refractivity contribution in [2.45, 2.75) is 25.2 Å². The van der Waals surface area contributed by atoms with Gasteiger partial charge in [0.25, 0.3) is 11.6 Å². The van der Waals surface area contributed by atoms with Gasteiger partial charge in [-0.3, -0.25) is 9.48 Å². The van der Waals surface area contributed by atoms with Gasteiger partial charge in [-0.2, -0.15) is 28.4 Å². The Morgan fingerprint density at radius 2 is 2.15 bits per heavy atom. The van der Waals surface area contributed by atoms with Crippen LogP contribution in [0.2, 0.25) is 0 Å². The highest BCUT2D eigenvalue weighted by Gasteiger charge is 2.63. The second kappa shape index (κ2) is 4.55. The lowest BCUT2D eigenvalue weighted by Crippen LogP contribution is -2.56. The molecule has 6 nitrogen and oxygen atoms in total. The van der Waals surface area contributed by atoms with Crippen LogP contribution >= 0.6 is 15.9 Å². The summed E-state index contributed by atoms with van der Waals surface area (Å²) < 4.78 is 40.4. The highest BCUT2D eigenvalue weighted by Crippen LogP contribution is 2.41. The van der Waals surface area contributed by atoms with Crippen molar-refractivity contribution in [3.05, 3.63) is 16.4 Å². The fourth-order valence-corrected chi connectivity index (χ4v) is 2.42. The zero-order valence-corrected chi connectivity index (χ0v) is 12.0. The number of hydrogen-bond donors (Lipinski definition) is 1. The first-order valence-corrected chi connectivity index (χ1v) is 6.22. The van der Waals surface area contributed by atoms with Gasteiger partial charge in [-0.15, -0.1) is 0 Å². The lowest BCUT2D eigenvalue weighted by Gasteiger charge is -2.32. The van der Waals surface area contributed by atoms with Crippen LogP contribution in [-0.2, 0) is 7.05 Å². The fourth-order valence-electron chi connectivity index (χ4n) is 1.91. The molecule has 0 aliphatic carbocycles. The first kappa shape index (κ1) is 15.0. The molecule has 1 aromatic heterocycles. The number of aryl methyl sites for hydroxylation is 1. The molecule has 1 amide bonds. The monoisotopic (exact) mass is 354 g/mol. The molecule has 0 bridgehead atoms. The van der Waals surface area contributed by atoms with Gasteiger partial charge in [0.2, 0.25) is 0 Å². The van der Waals surface area contributed by atoms with Crippen molar-refractivity contribution in [2.24, 2.45) is 12.1 Å². The van der Waals surface area contributed by atoms with Crippen molar-refractivity contribution in [3.63, 3.8) is 0 Å². The first-order valence-electron chi connectivity index (χ1n) is 5.43. The number of hydrogen-bond acceptors (Lipinski definition) is 4. The van der Waals surface area contributed by atoms with E-state index in [0.29, 0.717) is 0 Å². The van der Waals surface area contributed by atoms with Gasteiger partial charge in [0.05, 0.1) is 10.7 Å². The predicted molar refractivity (Wildman–Crippen MR) is 65.8 cm³/mol. The average Bonchev–Trinajstić information content (AvgIpc) is 2.79. The number of aromatic nitrogens is 2. The van der Waals surface area contributed by atoms with Gasteiger partial charge in [0, 0.05) is 19.2 Å². The van der Waals surface area contributed by atoms with E-state index >= 15 is 0 Å². The molecule has 110 valence electrons. The number of alkyl halides is 3. The zero-order chi connectivity index (χ0) is 15.3. The van der Waals surface area contributed by atoms with Gasteiger partial charge >= 0.3 is 6.18 Å². The molecule has 0 radical (unpaired) electrons. The van der Waals surface area contributed by atoms with E-state index in [-0.39, 0.29) is 20.9 Å². The van der Waals surface area contributed by atoms with Crippen LogP contribution in [0.1, 0.15) is 23.8 Å². The topological polar surface area (TPSA) is 70.7 Å². The third-order valence-electron chi connectivity index (χ3n) is 2.87. The summed E-state index contributed by atoms with van der Waals surface area (Å²) in [6.07, 6.45) is -4.53. The van der Waals surface area contributed by atoms with Gasteiger partial charge in [-0.25, -0.2) is 0 Å². The van der Waals surface area contributed by atoms with E-state index in [1.54, 1.807) is 0 Å². The van der Waals surface area contributed by atoms with Crippen LogP contribution in [0.25, 0.3) is 0 Å². The lowest BCUT2D eigenvalue weighted by molar-refractivity contribution is -0.297. The summed E-state index contributed by atoms with van der Waals surface area (Å²) >= 11 is 3.03. The number of aliphatic hydroxyl groups is 1. The summed E-state index contributed by atoms with van der Waals surface area (Å²) in [7, 11) is 1.40. The van der Waals surface area contributed by atoms with E-state index in [9.17, 15) is 23.1 Å². The van der Waals surface area contributed by atoms with E-state index in [2.05, 4.69) is 26.1 Å². The standard InChI is InChI=1S/C10H10BrF3N4O2/c1-5-3-9(20,10(12,13)14)18(16-5)8(19)7-6(11)4-15-17(7)2/h4,20H,3H2,1-2H3/t9-/m1/s1. The minimum absolute atomic E-state index is 0.0106. The largest absolute Gasteiger partial charge is 0.438 e. The van der Waals surface area contributed by atoms with Crippen LogP contribution in [0.5, 0.6) is 0 Å². The van der Waals surface area contributed by atoms with Crippen LogP contribution in [0.3, 0.4) is 0 Å². The number of rotatable bonds is 1. The Balaban J connectivity index is 2.48. The molecule has 0 unspecified atom stereocenters. The van der Waals surface area contributed by atoms with Crippen LogP contribution < -0.4 is 0 Å². The van der Waals surface area contributed by atoms with Gasteiger partial charge in [-0.1, -0.05) is 0 Å². The van der Waals surface area contributed by atoms with Crippen molar-refractivity contribution in [2.75, 3.05) is 0 Å². The zero-order valence-electron chi connectivity index (χ0n) is 10.4. The van der Waals surface area contributed by atoms with Crippen molar-refractivity contribution < 1.29 is 23.1 Å². The average molecular weight is 355 g/mol. The van der Waals surface area contributed by atoms with E-state index in [0.717, 1.165) is 4.68 Å². The van der Waals surface area contributed by atoms with Crippen LogP contribution in [0, 0.1) is 0 Å². The van der Waals surface area contributed by atoms with Crippen molar-refractivity contribution in [3.8, 4) is 0 Å². The van der Waals surface area contributed by atoms with E-state index in [4.69, 9.17) is 0 Å². The SMILES string of the molecule is CC1=NN(C(=O)c2c(Br)cnn2C)[C@](O)(C(F)(F)F)C1. The summed E-state index contributed by atoms with van der Waals surface area (Å²) in [5, 5.41) is 17.2. The van der Waals surface area contributed by atoms with Gasteiger partial charge in [-0.05, 0) is 22.9 Å². The number of halogens is 4. The normalized spacial score (nSPS) is 23.1. The number of carbonyl (C=O) groups is 1. The fraction of sp³-hybridized carbons (Fsp3) is 0.500. The quantitative estimate of drug-likeness (QED) is 0.833. The molecule has 0 fully saturated rings. The van der Waals surface area contributed by atoms with Gasteiger partial charge < -0.3 is 5.11 Å². The molecule has 1 atom stereocenters. The minimum Gasteiger partial charge on any atom is -0.362 e. The maximum absolute atomic E-state index is 13.0. The number of carbonyl (C=O) groups excluding carboxylic acids is 1. The smallest absolute Gasteiger partial charge is 0.362 e. The summed E-state index contributed by atoms with van der Waals surface area (Å²) in [6, 6.07) is 0. The lowest BCUT2D eigenvalue weighted by atomic mass is 10.1. The maximum atomic E-state index is 13.0. The van der Waals surface area contributed by atoms with Crippen LogP contribution in [0.4, 0.5) is 13.2 Å². The molecule has 0 saturated heterocycles. The third-order valence-corrected chi connectivity index (χ3v) is 3.45. The van der Waals surface area contributed by atoms with Crippen molar-refractivity contribution >= 4 is 27.5 Å². The first-order chi connectivity index (χ1) is 9.08. The molecular weight excluding hydrogens is 345 g/mol. The predicted octanol–water partition coefficient (Wildman–Crippen LogP) is 1.66. The highest BCUT2D eigenvalue weighted by atomic mass is 79.9. The molecule has 2 heterocycles. The Labute approximate surface area is 120 Å². The molecule has 10 heteroatoms. The second-order valence-electron chi connectivity index (χ2n) is 4.41. The summed E-state index contributed by atoms with van der Waals surface area (Å²) in [4.78, 5) is 12.2. The molecule has 0 saturated carbocycles. The number of hydrazone groups is 1. The highest BCUT2D eigenvalue weighted by molar-refractivity contribution is 9.10. The van der Waals surface area contributed by atoms with Crippen molar-refractivity contribution in [1.82, 2.24) is 14.8 Å². The molecule has 1 aliphatic heterocycles. The molecule has 0 aromatic carbocycles. The van der Waals surface area contributed by atoms with Gasteiger partial charge in [0.1, 0.15) is 5.69 Å². The molecule has 1 aromatic rings. The van der Waals surface area contributed by atoms with Crippen molar-refractivity contribution in [1.29, 1.82) is 0 Å². The van der Waals surface area contributed by atoms with E-state index in [1.165, 1.54) is 20.2 Å². The van der Waals surface area contributed by atoms with E-state index < -0.39 is 24.2 Å². The molecule has 0 spiro atoms. The summed E-state index contributed by atoms with van der Waals surface area (Å²) in [5.41, 5.74) is -3.46. The number of nitrogens with zero attached hydrogens (tertiary/aromatic N) is 4. The van der Waals surface area contributed by atoms with Gasteiger partial charge in [0.15, 0.2) is 0 Å². The third kappa shape index (κ3) is 2.12. The molecule has 1 N–H and O–H groups in total. The Hall–Kier alpha value is -1.42. The maximum Gasteiger partial charge on any atom is 0.438 e. The Morgan fingerprint density at radius 1 is 1.55 bits per heavy atom. The van der Waals surface area contributed by atoms with Crippen LogP contribution in [0.15, 0.2) is 15.8 Å². The summed E-state index contributed by atoms with van der Waals surface area (Å²) in [5.74, 6) is -1.09. The molecular formula is C10H10BrF3N4O2. The summed E-state index contributed by atoms with van der Waals surface area (Å²) in [6.45, 7) is 1.31. The Morgan fingerprint density at radius 3 is 2.60 bits per heavy atom. The number of amides is 1. The Bertz CT molecular complexity index is 578. The minimum atomic E-state index is -5.02. The molecule has 1 aliphatic rings. The van der Waals surface area contributed by atoms with E-state index in [1.807, 2.05) is 0 Å². The Kier molecular flexibility index (Phi) is 3.41. The van der Waals surface area contributed by atoms with Crippen LogP contribution in [-0.4, -0.2) is 43.4 Å². The molecule has 2 rings (SSSR count). The molecule has 20 heavy (non-hydrogen) atoms.